The summed E-state index contributed by atoms with van der Waals surface area (Å²) in [6.07, 6.45) is 9.54. The smallest absolute Gasteiger partial charge is 0.191 e. The highest BCUT2D eigenvalue weighted by Crippen LogP contribution is 2.60. The number of nitrogens with zero attached hydrogens (tertiary/aromatic N) is 1. The van der Waals surface area contributed by atoms with Gasteiger partial charge in [0.25, 0.3) is 0 Å². The number of rotatable bonds is 7. The van der Waals surface area contributed by atoms with Gasteiger partial charge in [-0.15, -0.1) is 0 Å². The van der Waals surface area contributed by atoms with E-state index < -0.39 is 0 Å². The van der Waals surface area contributed by atoms with Crippen LogP contribution in [0.15, 0.2) is 27.8 Å². The molecule has 1 spiro atoms. The summed E-state index contributed by atoms with van der Waals surface area (Å²) in [5.41, 5.74) is 0.352. The maximum absolute atomic E-state index is 6.07. The fourth-order valence-electron chi connectivity index (χ4n) is 5.19. The van der Waals surface area contributed by atoms with Crippen molar-refractivity contribution in [2.45, 2.75) is 57.3 Å². The van der Waals surface area contributed by atoms with Crippen molar-refractivity contribution in [2.24, 2.45) is 16.3 Å². The zero-order chi connectivity index (χ0) is 17.8. The van der Waals surface area contributed by atoms with E-state index >= 15 is 0 Å². The van der Waals surface area contributed by atoms with Gasteiger partial charge in [0.1, 0.15) is 12.4 Å². The number of hydrogen-bond acceptors (Lipinski definition) is 4. The standard InChI is InChI=1S/C20H31N3O3/c1-21-19(22-10-5-11-24-14-15-6-4-12-25-15)23-17-16-7-13-26-18(16)20(17)8-2-3-9-20/h4,6,12,16-18H,2-3,5,7-11,13-14H2,1H3,(H2,21,22,23). The van der Waals surface area contributed by atoms with Gasteiger partial charge in [0.15, 0.2) is 5.96 Å². The highest BCUT2D eigenvalue weighted by atomic mass is 16.5. The fraction of sp³-hybridized carbons (Fsp3) is 0.750. The summed E-state index contributed by atoms with van der Waals surface area (Å²) in [5.74, 6) is 2.44. The third-order valence-electron chi connectivity index (χ3n) is 6.38. The molecule has 0 amide bonds. The highest BCUT2D eigenvalue weighted by Gasteiger charge is 2.65. The Morgan fingerprint density at radius 3 is 3.04 bits per heavy atom. The van der Waals surface area contributed by atoms with E-state index in [9.17, 15) is 0 Å². The predicted molar refractivity (Wildman–Crippen MR) is 100 cm³/mol. The molecular weight excluding hydrogens is 330 g/mol. The van der Waals surface area contributed by atoms with Crippen molar-refractivity contribution in [1.29, 1.82) is 0 Å². The number of guanidine groups is 1. The Bertz CT molecular complexity index is 595. The van der Waals surface area contributed by atoms with E-state index in [1.807, 2.05) is 19.2 Å². The van der Waals surface area contributed by atoms with Gasteiger partial charge >= 0.3 is 0 Å². The first-order chi connectivity index (χ1) is 12.8. The van der Waals surface area contributed by atoms with Gasteiger partial charge in [-0.3, -0.25) is 4.99 Å². The van der Waals surface area contributed by atoms with Gasteiger partial charge in [-0.25, -0.2) is 0 Å². The second-order valence-electron chi connectivity index (χ2n) is 7.79. The molecule has 144 valence electrons. The van der Waals surface area contributed by atoms with Crippen molar-refractivity contribution in [3.63, 3.8) is 0 Å². The molecule has 2 aliphatic carbocycles. The Labute approximate surface area is 155 Å². The zero-order valence-electron chi connectivity index (χ0n) is 15.7. The summed E-state index contributed by atoms with van der Waals surface area (Å²) in [6.45, 7) is 3.01. The molecule has 3 atom stereocenters. The van der Waals surface area contributed by atoms with E-state index in [4.69, 9.17) is 13.9 Å². The summed E-state index contributed by atoms with van der Waals surface area (Å²) in [5, 5.41) is 7.17. The van der Waals surface area contributed by atoms with Crippen molar-refractivity contribution in [3.05, 3.63) is 24.2 Å². The molecule has 2 N–H and O–H groups in total. The van der Waals surface area contributed by atoms with E-state index in [1.54, 1.807) is 6.26 Å². The summed E-state index contributed by atoms with van der Waals surface area (Å²) < 4.78 is 17.0. The molecule has 1 saturated heterocycles. The molecule has 0 aromatic carbocycles. The van der Waals surface area contributed by atoms with Crippen LogP contribution in [0.25, 0.3) is 0 Å². The van der Waals surface area contributed by atoms with Gasteiger partial charge in [0.05, 0.1) is 12.4 Å². The van der Waals surface area contributed by atoms with Crippen LogP contribution in [0.2, 0.25) is 0 Å². The number of fused-ring (bicyclic) bond motifs is 2. The Kier molecular flexibility index (Phi) is 5.50. The van der Waals surface area contributed by atoms with E-state index in [-0.39, 0.29) is 0 Å². The molecule has 3 aliphatic rings. The second-order valence-corrected chi connectivity index (χ2v) is 7.79. The molecule has 2 saturated carbocycles. The molecule has 3 fully saturated rings. The van der Waals surface area contributed by atoms with Crippen molar-refractivity contribution in [2.75, 3.05) is 26.8 Å². The van der Waals surface area contributed by atoms with Gasteiger partial charge in [0, 0.05) is 44.2 Å². The molecule has 6 heteroatoms. The lowest BCUT2D eigenvalue weighted by atomic mass is 9.54. The van der Waals surface area contributed by atoms with Crippen LogP contribution in [0.3, 0.4) is 0 Å². The average Bonchev–Trinajstić information content (AvgIpc) is 3.40. The van der Waals surface area contributed by atoms with Crippen LogP contribution in [0, 0.1) is 11.3 Å². The van der Waals surface area contributed by atoms with E-state index in [0.717, 1.165) is 31.3 Å². The van der Waals surface area contributed by atoms with Gasteiger partial charge in [-0.2, -0.15) is 0 Å². The first kappa shape index (κ1) is 17.9. The first-order valence-corrected chi connectivity index (χ1v) is 10.0. The topological polar surface area (TPSA) is 68.0 Å². The molecular formula is C20H31N3O3. The van der Waals surface area contributed by atoms with Crippen LogP contribution >= 0.6 is 0 Å². The summed E-state index contributed by atoms with van der Waals surface area (Å²) in [7, 11) is 1.85. The Morgan fingerprint density at radius 1 is 1.38 bits per heavy atom. The van der Waals surface area contributed by atoms with Crippen molar-refractivity contribution >= 4 is 5.96 Å². The quantitative estimate of drug-likeness (QED) is 0.444. The van der Waals surface area contributed by atoms with Crippen LogP contribution in [-0.2, 0) is 16.1 Å². The lowest BCUT2D eigenvalue weighted by molar-refractivity contribution is -0.125. The van der Waals surface area contributed by atoms with Crippen molar-refractivity contribution in [3.8, 4) is 0 Å². The number of hydrogen-bond donors (Lipinski definition) is 2. The van der Waals surface area contributed by atoms with Crippen LogP contribution in [-0.4, -0.2) is 44.9 Å². The van der Waals surface area contributed by atoms with Crippen LogP contribution in [0.1, 0.15) is 44.3 Å². The van der Waals surface area contributed by atoms with Crippen LogP contribution in [0.4, 0.5) is 0 Å². The zero-order valence-corrected chi connectivity index (χ0v) is 15.7. The van der Waals surface area contributed by atoms with Crippen molar-refractivity contribution < 1.29 is 13.9 Å². The number of nitrogens with one attached hydrogen (secondary N) is 2. The summed E-state index contributed by atoms with van der Waals surface area (Å²) in [6, 6.07) is 4.33. The second kappa shape index (κ2) is 8.01. The first-order valence-electron chi connectivity index (χ1n) is 10.0. The molecule has 26 heavy (non-hydrogen) atoms. The number of furan rings is 1. The molecule has 2 heterocycles. The molecule has 1 aliphatic heterocycles. The number of aliphatic imine (C=N–C) groups is 1. The monoisotopic (exact) mass is 361 g/mol. The Morgan fingerprint density at radius 2 is 2.27 bits per heavy atom. The van der Waals surface area contributed by atoms with E-state index in [2.05, 4.69) is 15.6 Å². The molecule has 6 nitrogen and oxygen atoms in total. The van der Waals surface area contributed by atoms with Gasteiger partial charge in [0.2, 0.25) is 0 Å². The molecule has 1 aromatic rings. The molecule has 3 unspecified atom stereocenters. The third-order valence-corrected chi connectivity index (χ3v) is 6.38. The average molecular weight is 361 g/mol. The van der Waals surface area contributed by atoms with Gasteiger partial charge < -0.3 is 24.5 Å². The predicted octanol–water partition coefficient (Wildman–Crippen LogP) is 2.70. The lowest BCUT2D eigenvalue weighted by Gasteiger charge is -2.57. The molecule has 0 bridgehead atoms. The largest absolute Gasteiger partial charge is 0.467 e. The maximum atomic E-state index is 6.07. The van der Waals surface area contributed by atoms with Gasteiger partial charge in [-0.05, 0) is 37.8 Å². The molecule has 1 aromatic heterocycles. The fourth-order valence-corrected chi connectivity index (χ4v) is 5.19. The van der Waals surface area contributed by atoms with Crippen LogP contribution < -0.4 is 10.6 Å². The minimum atomic E-state index is 0.352. The van der Waals surface area contributed by atoms with E-state index in [1.165, 1.54) is 32.1 Å². The molecule has 0 radical (unpaired) electrons. The highest BCUT2D eigenvalue weighted by molar-refractivity contribution is 5.80. The maximum Gasteiger partial charge on any atom is 0.191 e. The van der Waals surface area contributed by atoms with Crippen LogP contribution in [0.5, 0.6) is 0 Å². The normalized spacial score (nSPS) is 29.6. The SMILES string of the molecule is CN=C(NCCCOCc1ccco1)NC1C2CCOC2C12CCCC2. The minimum absolute atomic E-state index is 0.352. The minimum Gasteiger partial charge on any atom is -0.467 e. The Balaban J connectivity index is 1.20. The van der Waals surface area contributed by atoms with Crippen molar-refractivity contribution in [1.82, 2.24) is 10.6 Å². The van der Waals surface area contributed by atoms with Gasteiger partial charge in [-0.1, -0.05) is 12.8 Å². The number of ether oxygens (including phenoxy) is 2. The Hall–Kier alpha value is -1.53. The summed E-state index contributed by atoms with van der Waals surface area (Å²) in [4.78, 5) is 4.43. The third kappa shape index (κ3) is 3.37. The lowest BCUT2D eigenvalue weighted by Crippen LogP contribution is -2.69. The molecule has 4 rings (SSSR count). The van der Waals surface area contributed by atoms with E-state index in [0.29, 0.717) is 36.7 Å². The summed E-state index contributed by atoms with van der Waals surface area (Å²) >= 11 is 0.